The molecule has 1 aromatic heterocycles. The number of nitrogens with one attached hydrogen (secondary N) is 1. The van der Waals surface area contributed by atoms with Gasteiger partial charge in [-0.25, -0.2) is 9.78 Å². The Kier molecular flexibility index (Phi) is 3.55. The molecule has 0 saturated carbocycles. The molecule has 8 heteroatoms. The Labute approximate surface area is 160 Å². The summed E-state index contributed by atoms with van der Waals surface area (Å²) in [6.45, 7) is 2.55. The second-order valence-corrected chi connectivity index (χ2v) is 6.88. The van der Waals surface area contributed by atoms with E-state index in [2.05, 4.69) is 10.3 Å². The Morgan fingerprint density at radius 3 is 2.71 bits per heavy atom. The highest BCUT2D eigenvalue weighted by Gasteiger charge is 2.49. The van der Waals surface area contributed by atoms with Gasteiger partial charge in [0.05, 0.1) is 0 Å². The third-order valence-electron chi connectivity index (χ3n) is 5.03. The molecule has 1 fully saturated rings. The first-order valence-electron chi connectivity index (χ1n) is 8.93. The minimum Gasteiger partial charge on any atom is -0.486 e. The maximum absolute atomic E-state index is 13.1. The molecule has 3 heterocycles. The smallest absolute Gasteiger partial charge is 0.325 e. The Morgan fingerprint density at radius 1 is 1.11 bits per heavy atom. The fraction of sp³-hybridized carbons (Fsp3) is 0.250. The van der Waals surface area contributed by atoms with Crippen LogP contribution in [0.15, 0.2) is 46.9 Å². The minimum absolute atomic E-state index is 0.0422. The van der Waals surface area contributed by atoms with Crippen LogP contribution in [0.2, 0.25) is 0 Å². The number of benzene rings is 2. The van der Waals surface area contributed by atoms with Crippen molar-refractivity contribution in [2.24, 2.45) is 0 Å². The van der Waals surface area contributed by atoms with Gasteiger partial charge < -0.3 is 19.2 Å². The van der Waals surface area contributed by atoms with Gasteiger partial charge in [-0.15, -0.1) is 0 Å². The van der Waals surface area contributed by atoms with E-state index < -0.39 is 11.6 Å². The number of carbonyl (C=O) groups is 2. The highest BCUT2D eigenvalue weighted by molar-refractivity contribution is 6.07. The molecule has 2 aliphatic heterocycles. The van der Waals surface area contributed by atoms with Gasteiger partial charge >= 0.3 is 6.03 Å². The number of hydrogen-bond donors (Lipinski definition) is 1. The standard InChI is InChI=1S/C20H17N3O5/c1-20(12-6-7-15-16(10-12)27-9-8-26-15)18(24)23(19(25)22-20)11-17-21-13-4-2-3-5-14(13)28-17/h2-7,10H,8-9,11H2,1H3,(H,22,25)/t20-/m0/s1. The highest BCUT2D eigenvalue weighted by atomic mass is 16.6. The van der Waals surface area contributed by atoms with Crippen molar-refractivity contribution in [3.05, 3.63) is 53.9 Å². The van der Waals surface area contributed by atoms with E-state index in [9.17, 15) is 9.59 Å². The zero-order valence-corrected chi connectivity index (χ0v) is 15.1. The second-order valence-electron chi connectivity index (χ2n) is 6.88. The summed E-state index contributed by atoms with van der Waals surface area (Å²) in [5.41, 5.74) is 0.701. The number of oxazole rings is 1. The molecule has 3 aromatic rings. The molecule has 142 valence electrons. The summed E-state index contributed by atoms with van der Waals surface area (Å²) in [6.07, 6.45) is 0. The number of hydrogen-bond acceptors (Lipinski definition) is 6. The van der Waals surface area contributed by atoms with Crippen LogP contribution in [-0.4, -0.2) is 35.0 Å². The lowest BCUT2D eigenvalue weighted by Crippen LogP contribution is -2.41. The quantitative estimate of drug-likeness (QED) is 0.703. The number of fused-ring (bicyclic) bond motifs is 2. The van der Waals surface area contributed by atoms with Gasteiger partial charge in [-0.3, -0.25) is 9.69 Å². The lowest BCUT2D eigenvalue weighted by atomic mass is 9.91. The molecule has 1 saturated heterocycles. The highest BCUT2D eigenvalue weighted by Crippen LogP contribution is 2.37. The molecule has 1 atom stereocenters. The molecular weight excluding hydrogens is 362 g/mol. The number of imide groups is 1. The Hall–Kier alpha value is -3.55. The summed E-state index contributed by atoms with van der Waals surface area (Å²) in [5.74, 6) is 1.11. The Balaban J connectivity index is 1.44. The predicted molar refractivity (Wildman–Crippen MR) is 97.9 cm³/mol. The number of aromatic nitrogens is 1. The van der Waals surface area contributed by atoms with Crippen molar-refractivity contribution in [3.63, 3.8) is 0 Å². The lowest BCUT2D eigenvalue weighted by molar-refractivity contribution is -0.131. The van der Waals surface area contributed by atoms with Gasteiger partial charge in [-0.1, -0.05) is 18.2 Å². The number of ether oxygens (including phenoxy) is 2. The van der Waals surface area contributed by atoms with E-state index in [0.717, 1.165) is 4.90 Å². The van der Waals surface area contributed by atoms with E-state index in [1.165, 1.54) is 0 Å². The zero-order chi connectivity index (χ0) is 19.3. The van der Waals surface area contributed by atoms with E-state index in [1.807, 2.05) is 18.2 Å². The van der Waals surface area contributed by atoms with E-state index in [0.29, 0.717) is 47.3 Å². The number of rotatable bonds is 3. The van der Waals surface area contributed by atoms with Gasteiger partial charge in [0.25, 0.3) is 5.91 Å². The monoisotopic (exact) mass is 379 g/mol. The van der Waals surface area contributed by atoms with Crippen LogP contribution in [0, 0.1) is 0 Å². The number of urea groups is 1. The van der Waals surface area contributed by atoms with Crippen LogP contribution in [0.5, 0.6) is 11.5 Å². The molecule has 3 amide bonds. The summed E-state index contributed by atoms with van der Waals surface area (Å²) in [4.78, 5) is 31.1. The van der Waals surface area contributed by atoms with Crippen LogP contribution in [0.1, 0.15) is 18.4 Å². The molecule has 28 heavy (non-hydrogen) atoms. The molecule has 0 aliphatic carbocycles. The summed E-state index contributed by atoms with van der Waals surface area (Å²) in [7, 11) is 0. The van der Waals surface area contributed by atoms with Crippen LogP contribution in [-0.2, 0) is 16.9 Å². The van der Waals surface area contributed by atoms with Gasteiger partial charge in [0, 0.05) is 0 Å². The van der Waals surface area contributed by atoms with Crippen molar-refractivity contribution in [1.29, 1.82) is 0 Å². The van der Waals surface area contributed by atoms with Gasteiger partial charge in [-0.2, -0.15) is 0 Å². The molecule has 2 aromatic carbocycles. The molecule has 8 nitrogen and oxygen atoms in total. The van der Waals surface area contributed by atoms with Crippen molar-refractivity contribution in [2.75, 3.05) is 13.2 Å². The first-order valence-corrected chi connectivity index (χ1v) is 8.93. The summed E-state index contributed by atoms with van der Waals surface area (Å²) in [5, 5.41) is 2.78. The molecule has 1 N–H and O–H groups in total. The molecule has 0 unspecified atom stereocenters. The zero-order valence-electron chi connectivity index (χ0n) is 15.1. The predicted octanol–water partition coefficient (Wildman–Crippen LogP) is 2.57. The van der Waals surface area contributed by atoms with Crippen LogP contribution >= 0.6 is 0 Å². The van der Waals surface area contributed by atoms with E-state index in [-0.39, 0.29) is 12.5 Å². The fourth-order valence-electron chi connectivity index (χ4n) is 3.51. The van der Waals surface area contributed by atoms with E-state index >= 15 is 0 Å². The van der Waals surface area contributed by atoms with Gasteiger partial charge in [0.1, 0.15) is 30.8 Å². The number of nitrogens with zero attached hydrogens (tertiary/aromatic N) is 2. The molecule has 0 radical (unpaired) electrons. The van der Waals surface area contributed by atoms with Crippen molar-refractivity contribution >= 4 is 23.0 Å². The van der Waals surface area contributed by atoms with Crippen molar-refractivity contribution < 1.29 is 23.5 Å². The first-order chi connectivity index (χ1) is 13.5. The average Bonchev–Trinajstić information content (AvgIpc) is 3.22. The minimum atomic E-state index is -1.21. The normalized spacial score (nSPS) is 21.2. The SMILES string of the molecule is C[C@@]1(c2ccc3c(c2)OCCO3)NC(=O)N(Cc2nc3ccccc3o2)C1=O. The Morgan fingerprint density at radius 2 is 1.89 bits per heavy atom. The first kappa shape index (κ1) is 16.6. The molecular formula is C20H17N3O5. The van der Waals surface area contributed by atoms with E-state index in [4.69, 9.17) is 13.9 Å². The number of carbonyl (C=O) groups excluding carboxylic acids is 2. The third kappa shape index (κ3) is 2.49. The topological polar surface area (TPSA) is 93.9 Å². The lowest BCUT2D eigenvalue weighted by Gasteiger charge is -2.25. The van der Waals surface area contributed by atoms with Crippen molar-refractivity contribution in [1.82, 2.24) is 15.2 Å². The summed E-state index contributed by atoms with van der Waals surface area (Å²) in [6, 6.07) is 12.0. The molecule has 2 aliphatic rings. The number of amides is 3. The maximum atomic E-state index is 13.1. The second kappa shape index (κ2) is 5.98. The van der Waals surface area contributed by atoms with Gasteiger partial charge in [0.15, 0.2) is 17.1 Å². The van der Waals surface area contributed by atoms with Crippen LogP contribution < -0.4 is 14.8 Å². The maximum Gasteiger partial charge on any atom is 0.325 e. The van der Waals surface area contributed by atoms with Crippen molar-refractivity contribution in [2.45, 2.75) is 19.0 Å². The van der Waals surface area contributed by atoms with Crippen LogP contribution in [0.4, 0.5) is 4.79 Å². The number of para-hydroxylation sites is 2. The summed E-state index contributed by atoms with van der Waals surface area (Å²) < 4.78 is 16.8. The third-order valence-corrected chi connectivity index (χ3v) is 5.03. The molecule has 0 spiro atoms. The van der Waals surface area contributed by atoms with E-state index in [1.54, 1.807) is 31.2 Å². The van der Waals surface area contributed by atoms with Crippen LogP contribution in [0.3, 0.4) is 0 Å². The van der Waals surface area contributed by atoms with Gasteiger partial charge in [0.2, 0.25) is 5.89 Å². The molecule has 0 bridgehead atoms. The van der Waals surface area contributed by atoms with Crippen molar-refractivity contribution in [3.8, 4) is 11.5 Å². The largest absolute Gasteiger partial charge is 0.486 e. The van der Waals surface area contributed by atoms with Crippen LogP contribution in [0.25, 0.3) is 11.1 Å². The van der Waals surface area contributed by atoms with Gasteiger partial charge in [-0.05, 0) is 36.8 Å². The fourth-order valence-corrected chi connectivity index (χ4v) is 3.51. The average molecular weight is 379 g/mol. The summed E-state index contributed by atoms with van der Waals surface area (Å²) >= 11 is 0. The Bertz CT molecular complexity index is 1080. The molecule has 5 rings (SSSR count).